The van der Waals surface area contributed by atoms with Crippen LogP contribution in [0.3, 0.4) is 0 Å². The van der Waals surface area contributed by atoms with Crippen molar-refractivity contribution in [3.05, 3.63) is 57.3 Å². The Morgan fingerprint density at radius 3 is 2.21 bits per heavy atom. The van der Waals surface area contributed by atoms with Gasteiger partial charge in [0.05, 0.1) is 6.04 Å². The molecule has 2 heteroatoms. The van der Waals surface area contributed by atoms with Crippen LogP contribution in [0.5, 0.6) is 0 Å². The predicted molar refractivity (Wildman–Crippen MR) is 84.9 cm³/mol. The summed E-state index contributed by atoms with van der Waals surface area (Å²) in [6, 6.07) is 13.8. The summed E-state index contributed by atoms with van der Waals surface area (Å²) < 4.78 is 0. The molecule has 1 unspecified atom stereocenters. The number of hydrogen-bond donors (Lipinski definition) is 1. The molecule has 0 amide bonds. The molecule has 0 saturated carbocycles. The van der Waals surface area contributed by atoms with Gasteiger partial charge in [0.2, 0.25) is 0 Å². The number of hydrogen-bond acceptors (Lipinski definition) is 2. The van der Waals surface area contributed by atoms with E-state index in [1.54, 1.807) is 0 Å². The van der Waals surface area contributed by atoms with Crippen molar-refractivity contribution in [1.82, 2.24) is 5.32 Å². The molecule has 0 spiro atoms. The molecule has 1 aromatic carbocycles. The van der Waals surface area contributed by atoms with Crippen LogP contribution in [0, 0.1) is 12.8 Å². The lowest BCUT2D eigenvalue weighted by atomic mass is 9.99. The number of nitrogens with one attached hydrogen (secondary N) is 1. The highest BCUT2D eigenvalue weighted by molar-refractivity contribution is 7.12. The fraction of sp³-hybridized carbons (Fsp3) is 0.412. The van der Waals surface area contributed by atoms with Gasteiger partial charge < -0.3 is 5.32 Å². The van der Waals surface area contributed by atoms with Gasteiger partial charge in [0.25, 0.3) is 0 Å². The van der Waals surface area contributed by atoms with Crippen LogP contribution in [0.2, 0.25) is 0 Å². The van der Waals surface area contributed by atoms with Crippen molar-refractivity contribution in [2.24, 2.45) is 5.92 Å². The van der Waals surface area contributed by atoms with Crippen molar-refractivity contribution in [1.29, 1.82) is 0 Å². The molecule has 1 nitrogen and oxygen atoms in total. The Labute approximate surface area is 120 Å². The highest BCUT2D eigenvalue weighted by Gasteiger charge is 2.13. The summed E-state index contributed by atoms with van der Waals surface area (Å²) in [5.74, 6) is 0.714. The zero-order valence-electron chi connectivity index (χ0n) is 12.2. The van der Waals surface area contributed by atoms with Crippen molar-refractivity contribution < 1.29 is 0 Å². The maximum absolute atomic E-state index is 3.42. The third-order valence-corrected chi connectivity index (χ3v) is 4.36. The minimum atomic E-state index is 0.312. The summed E-state index contributed by atoms with van der Waals surface area (Å²) >= 11 is 1.87. The van der Waals surface area contributed by atoms with E-state index in [0.717, 1.165) is 6.42 Å². The molecule has 1 heterocycles. The molecule has 102 valence electrons. The number of rotatable bonds is 5. The Bertz CT molecular complexity index is 510. The fourth-order valence-electron chi connectivity index (χ4n) is 2.40. The molecule has 0 saturated heterocycles. The predicted octanol–water partition coefficient (Wildman–Crippen LogP) is 4.56. The average Bonchev–Trinajstić information content (AvgIpc) is 2.78. The molecule has 2 aromatic rings. The quantitative estimate of drug-likeness (QED) is 0.842. The second-order valence-corrected chi connectivity index (χ2v) is 6.83. The van der Waals surface area contributed by atoms with Crippen molar-refractivity contribution in [2.75, 3.05) is 7.05 Å². The normalized spacial score (nSPS) is 12.9. The number of aryl methyl sites for hydroxylation is 1. The van der Waals surface area contributed by atoms with Gasteiger partial charge in [-0.3, -0.25) is 0 Å². The number of thiophene rings is 1. The molecule has 0 aliphatic rings. The maximum Gasteiger partial charge on any atom is 0.0668 e. The fourth-order valence-corrected chi connectivity index (χ4v) is 3.42. The number of benzene rings is 1. The Morgan fingerprint density at radius 2 is 1.74 bits per heavy atom. The van der Waals surface area contributed by atoms with Gasteiger partial charge in [0.15, 0.2) is 0 Å². The van der Waals surface area contributed by atoms with Crippen LogP contribution in [0.4, 0.5) is 0 Å². The van der Waals surface area contributed by atoms with E-state index in [9.17, 15) is 0 Å². The minimum Gasteiger partial charge on any atom is -0.309 e. The Morgan fingerprint density at radius 1 is 1.05 bits per heavy atom. The first-order valence-corrected chi connectivity index (χ1v) is 7.74. The van der Waals surface area contributed by atoms with Crippen molar-refractivity contribution in [3.63, 3.8) is 0 Å². The van der Waals surface area contributed by atoms with Gasteiger partial charge in [0.1, 0.15) is 0 Å². The van der Waals surface area contributed by atoms with E-state index < -0.39 is 0 Å². The standard InChI is InChI=1S/C17H23NS/c1-12(2)11-14-6-8-15(9-7-14)17(18-4)16-10-5-13(3)19-16/h5-10,12,17-18H,11H2,1-4H3. The highest BCUT2D eigenvalue weighted by Crippen LogP contribution is 2.28. The van der Waals surface area contributed by atoms with E-state index in [1.165, 1.54) is 20.9 Å². The van der Waals surface area contributed by atoms with Gasteiger partial charge in [-0.2, -0.15) is 0 Å². The molecule has 19 heavy (non-hydrogen) atoms. The van der Waals surface area contributed by atoms with Gasteiger partial charge in [-0.25, -0.2) is 0 Å². The molecule has 0 aliphatic carbocycles. The lowest BCUT2D eigenvalue weighted by Crippen LogP contribution is -2.16. The summed E-state index contributed by atoms with van der Waals surface area (Å²) in [5, 5.41) is 3.42. The van der Waals surface area contributed by atoms with Crippen LogP contribution in [-0.2, 0) is 6.42 Å². The molecule has 0 fully saturated rings. The van der Waals surface area contributed by atoms with E-state index in [0.29, 0.717) is 12.0 Å². The van der Waals surface area contributed by atoms with Crippen LogP contribution in [0.15, 0.2) is 36.4 Å². The van der Waals surface area contributed by atoms with Gasteiger partial charge in [-0.1, -0.05) is 38.1 Å². The Kier molecular flexibility index (Phi) is 4.78. The van der Waals surface area contributed by atoms with Gasteiger partial charge >= 0.3 is 0 Å². The summed E-state index contributed by atoms with van der Waals surface area (Å²) in [7, 11) is 2.03. The highest BCUT2D eigenvalue weighted by atomic mass is 32.1. The smallest absolute Gasteiger partial charge is 0.0668 e. The van der Waals surface area contributed by atoms with Crippen LogP contribution in [-0.4, -0.2) is 7.05 Å². The van der Waals surface area contributed by atoms with Gasteiger partial charge in [0, 0.05) is 9.75 Å². The van der Waals surface area contributed by atoms with Crippen LogP contribution < -0.4 is 5.32 Å². The second kappa shape index (κ2) is 6.36. The van der Waals surface area contributed by atoms with Crippen LogP contribution >= 0.6 is 11.3 Å². The van der Waals surface area contributed by atoms with Gasteiger partial charge in [-0.05, 0) is 49.6 Å². The van der Waals surface area contributed by atoms with Crippen molar-refractivity contribution in [3.8, 4) is 0 Å². The van der Waals surface area contributed by atoms with E-state index in [1.807, 2.05) is 18.4 Å². The summed E-state index contributed by atoms with van der Waals surface area (Å²) in [6.45, 7) is 6.68. The molecule has 0 bridgehead atoms. The summed E-state index contributed by atoms with van der Waals surface area (Å²) in [4.78, 5) is 2.75. The van der Waals surface area contributed by atoms with E-state index in [-0.39, 0.29) is 0 Å². The SMILES string of the molecule is CNC(c1ccc(CC(C)C)cc1)c1ccc(C)s1. The second-order valence-electron chi connectivity index (χ2n) is 5.51. The van der Waals surface area contributed by atoms with Crippen LogP contribution in [0.1, 0.15) is 40.8 Å². The molecule has 1 aromatic heterocycles. The third-order valence-electron chi connectivity index (χ3n) is 3.29. The third kappa shape index (κ3) is 3.68. The molecule has 0 aliphatic heterocycles. The van der Waals surface area contributed by atoms with E-state index >= 15 is 0 Å². The lowest BCUT2D eigenvalue weighted by molar-refractivity contribution is 0.646. The molecule has 2 rings (SSSR count). The molecule has 1 atom stereocenters. The maximum atomic E-state index is 3.42. The topological polar surface area (TPSA) is 12.0 Å². The first-order valence-electron chi connectivity index (χ1n) is 6.92. The average molecular weight is 273 g/mol. The summed E-state index contributed by atoms with van der Waals surface area (Å²) in [6.07, 6.45) is 1.16. The zero-order chi connectivity index (χ0) is 13.8. The molecular weight excluding hydrogens is 250 g/mol. The monoisotopic (exact) mass is 273 g/mol. The zero-order valence-corrected chi connectivity index (χ0v) is 13.1. The Balaban J connectivity index is 2.19. The largest absolute Gasteiger partial charge is 0.309 e. The van der Waals surface area contributed by atoms with Gasteiger partial charge in [-0.15, -0.1) is 11.3 Å². The molecule has 0 radical (unpaired) electrons. The first kappa shape index (κ1) is 14.3. The van der Waals surface area contributed by atoms with Crippen LogP contribution in [0.25, 0.3) is 0 Å². The molecule has 1 N–H and O–H groups in total. The van der Waals surface area contributed by atoms with E-state index in [4.69, 9.17) is 0 Å². The van der Waals surface area contributed by atoms with Crippen molar-refractivity contribution >= 4 is 11.3 Å². The summed E-state index contributed by atoms with van der Waals surface area (Å²) in [5.41, 5.74) is 2.77. The first-order chi connectivity index (χ1) is 9.10. The Hall–Kier alpha value is -1.12. The van der Waals surface area contributed by atoms with Crippen molar-refractivity contribution in [2.45, 2.75) is 33.2 Å². The minimum absolute atomic E-state index is 0.312. The lowest BCUT2D eigenvalue weighted by Gasteiger charge is -2.16. The molecular formula is C17H23NS. The van der Waals surface area contributed by atoms with E-state index in [2.05, 4.69) is 62.5 Å².